The van der Waals surface area contributed by atoms with E-state index in [9.17, 15) is 14.8 Å². The average Bonchev–Trinajstić information content (AvgIpc) is 3.77. The van der Waals surface area contributed by atoms with Crippen molar-refractivity contribution in [3.63, 3.8) is 0 Å². The van der Waals surface area contributed by atoms with Gasteiger partial charge in [-0.3, -0.25) is 10.0 Å². The number of amides is 1. The number of carboxylic acid groups (broad SMARTS) is 1. The molecule has 3 aliphatic rings. The van der Waals surface area contributed by atoms with E-state index in [1.54, 1.807) is 24.3 Å². The molecule has 0 spiro atoms. The fourth-order valence-corrected chi connectivity index (χ4v) is 5.41. The van der Waals surface area contributed by atoms with Crippen molar-refractivity contribution in [3.05, 3.63) is 70.8 Å². The molecule has 0 aromatic heterocycles. The molecule has 0 radical (unpaired) electrons. The van der Waals surface area contributed by atoms with Crippen LogP contribution in [0.15, 0.2) is 59.6 Å². The Labute approximate surface area is 212 Å². The van der Waals surface area contributed by atoms with Gasteiger partial charge < -0.3 is 15.8 Å². The summed E-state index contributed by atoms with van der Waals surface area (Å²) in [6, 6.07) is 11.4. The average molecular weight is 509 g/mol. The minimum absolute atomic E-state index is 0.147. The lowest BCUT2D eigenvalue weighted by atomic mass is 9.88. The predicted molar refractivity (Wildman–Crippen MR) is 136 cm³/mol. The lowest BCUT2D eigenvalue weighted by molar-refractivity contribution is -0.777. The molecule has 2 aromatic rings. The summed E-state index contributed by atoms with van der Waals surface area (Å²) in [5.74, 6) is 4.52. The van der Waals surface area contributed by atoms with Gasteiger partial charge in [-0.25, -0.2) is 15.6 Å². The first-order chi connectivity index (χ1) is 17.3. The van der Waals surface area contributed by atoms with Gasteiger partial charge in [0.1, 0.15) is 11.8 Å². The van der Waals surface area contributed by atoms with Crippen LogP contribution in [-0.4, -0.2) is 45.5 Å². The molecule has 10 heteroatoms. The maximum absolute atomic E-state index is 13.6. The number of hydrogen-bond acceptors (Lipinski definition) is 5. The summed E-state index contributed by atoms with van der Waals surface area (Å²) in [6.45, 7) is 0.241. The molecule has 1 unspecified atom stereocenters. The molecule has 2 aliphatic carbocycles. The van der Waals surface area contributed by atoms with E-state index in [4.69, 9.17) is 22.6 Å². The van der Waals surface area contributed by atoms with Gasteiger partial charge in [0, 0.05) is 16.8 Å². The zero-order valence-electron chi connectivity index (χ0n) is 19.4. The Morgan fingerprint density at radius 1 is 1.19 bits per heavy atom. The van der Waals surface area contributed by atoms with Crippen LogP contribution in [0.1, 0.15) is 41.1 Å². The maximum Gasteiger partial charge on any atom is 0.335 e. The zero-order chi connectivity index (χ0) is 25.4. The third-order valence-electron chi connectivity index (χ3n) is 7.26. The predicted octanol–water partition coefficient (Wildman–Crippen LogP) is 3.71. The van der Waals surface area contributed by atoms with Crippen LogP contribution in [-0.2, 0) is 4.79 Å². The number of allylic oxidation sites excluding steroid dienone is 1. The highest BCUT2D eigenvalue weighted by molar-refractivity contribution is 6.30. The van der Waals surface area contributed by atoms with Crippen molar-refractivity contribution in [1.29, 1.82) is 0 Å². The Bertz CT molecular complexity index is 1300. The maximum atomic E-state index is 13.6. The molecule has 9 nitrogen and oxygen atoms in total. The van der Waals surface area contributed by atoms with E-state index in [1.165, 1.54) is 23.2 Å². The van der Waals surface area contributed by atoms with Gasteiger partial charge in [-0.05, 0) is 83.9 Å². The van der Waals surface area contributed by atoms with E-state index in [1.807, 2.05) is 18.2 Å². The molecule has 186 valence electrons. The van der Waals surface area contributed by atoms with E-state index in [0.717, 1.165) is 18.4 Å². The van der Waals surface area contributed by atoms with E-state index in [2.05, 4.69) is 15.7 Å². The Hall–Kier alpha value is -3.69. The summed E-state index contributed by atoms with van der Waals surface area (Å²) in [6.07, 6.45) is 8.00. The normalized spacial score (nSPS) is 25.2. The lowest BCUT2D eigenvalue weighted by Crippen LogP contribution is -2.40. The van der Waals surface area contributed by atoms with Crippen LogP contribution in [0.2, 0.25) is 5.02 Å². The number of carbonyl (C=O) groups excluding carboxylic acids is 1. The monoisotopic (exact) mass is 508 g/mol. The standard InChI is InChI=1S/C26H26ClN5O4/c27-18-6-9-22(29-14-30-28)20(11-18)17-5-10-23(32(36)13-17)26(12-21(26)15-1-2-15)25(35)31-19-7-3-16(4-8-19)24(33)34/h3-11,14-15,17,21H,1-2,12-13,28H2,(H3-,29,30,31,33,34,35,36)/p+1/t17?,21-,26-/m0/s1. The van der Waals surface area contributed by atoms with Crippen LogP contribution in [0.25, 0.3) is 0 Å². The summed E-state index contributed by atoms with van der Waals surface area (Å²) >= 11 is 6.24. The largest absolute Gasteiger partial charge is 0.478 e. The molecule has 2 aromatic carbocycles. The molecular formula is C26H27ClN5O4+. The fraction of sp³-hybridized carbons (Fsp3) is 0.308. The second-order valence-corrected chi connectivity index (χ2v) is 9.95. The molecule has 0 saturated heterocycles. The van der Waals surface area contributed by atoms with Crippen LogP contribution in [0.5, 0.6) is 0 Å². The van der Waals surface area contributed by atoms with Crippen molar-refractivity contribution in [2.24, 2.45) is 28.1 Å². The van der Waals surface area contributed by atoms with Crippen LogP contribution in [0, 0.1) is 17.3 Å². The molecule has 1 heterocycles. The summed E-state index contributed by atoms with van der Waals surface area (Å²) in [4.78, 5) is 29.1. The van der Waals surface area contributed by atoms with E-state index >= 15 is 0 Å². The second kappa shape index (κ2) is 9.40. The van der Waals surface area contributed by atoms with Crippen molar-refractivity contribution in [1.82, 2.24) is 5.43 Å². The number of carboxylic acids is 1. The minimum atomic E-state index is -1.03. The number of anilines is 1. The third kappa shape index (κ3) is 4.47. The lowest BCUT2D eigenvalue weighted by Gasteiger charge is -2.21. The van der Waals surface area contributed by atoms with E-state index < -0.39 is 11.4 Å². The van der Waals surface area contributed by atoms with Gasteiger partial charge in [0.05, 0.1) is 17.2 Å². The Morgan fingerprint density at radius 3 is 2.58 bits per heavy atom. The van der Waals surface area contributed by atoms with Crippen LogP contribution >= 0.6 is 11.6 Å². The number of rotatable bonds is 8. The highest BCUT2D eigenvalue weighted by Gasteiger charge is 2.71. The molecule has 0 bridgehead atoms. The second-order valence-electron chi connectivity index (χ2n) is 9.52. The number of hydrazine groups is 1. The fourth-order valence-electron chi connectivity index (χ4n) is 5.23. The number of aromatic carboxylic acids is 1. The molecule has 1 amide bonds. The number of nitrogens with zero attached hydrogens (tertiary/aromatic N) is 2. The number of hydroxylamine groups is 1. The summed E-state index contributed by atoms with van der Waals surface area (Å²) in [5, 5.41) is 23.8. The number of benzene rings is 2. The smallest absolute Gasteiger partial charge is 0.335 e. The first-order valence-corrected chi connectivity index (χ1v) is 12.2. The molecule has 5 rings (SSSR count). The Morgan fingerprint density at radius 2 is 1.94 bits per heavy atom. The van der Waals surface area contributed by atoms with E-state index in [0.29, 0.717) is 34.4 Å². The molecule has 2 saturated carbocycles. The molecule has 2 fully saturated rings. The summed E-state index contributed by atoms with van der Waals surface area (Å²) < 4.78 is 1.18. The first-order valence-electron chi connectivity index (χ1n) is 11.8. The highest BCUT2D eigenvalue weighted by atomic mass is 35.5. The van der Waals surface area contributed by atoms with Crippen LogP contribution in [0.3, 0.4) is 0 Å². The van der Waals surface area contributed by atoms with Crippen LogP contribution < -0.4 is 16.6 Å². The molecule has 6 N–H and O–H groups in total. The van der Waals surface area contributed by atoms with Gasteiger partial charge in [-0.1, -0.05) is 17.7 Å². The van der Waals surface area contributed by atoms with Crippen molar-refractivity contribution in [2.75, 3.05) is 11.9 Å². The summed E-state index contributed by atoms with van der Waals surface area (Å²) in [7, 11) is 0. The van der Waals surface area contributed by atoms with E-state index in [-0.39, 0.29) is 29.9 Å². The Balaban J connectivity index is 1.41. The third-order valence-corrected chi connectivity index (χ3v) is 7.49. The van der Waals surface area contributed by atoms with Gasteiger partial charge in [-0.2, -0.15) is 0 Å². The molecular weight excluding hydrogens is 482 g/mol. The van der Waals surface area contributed by atoms with Crippen molar-refractivity contribution in [2.45, 2.75) is 25.2 Å². The van der Waals surface area contributed by atoms with Gasteiger partial charge >= 0.3 is 5.97 Å². The number of nitrogens with two attached hydrogens (primary N) is 1. The van der Waals surface area contributed by atoms with Gasteiger partial charge in [0.15, 0.2) is 0 Å². The number of hydrogen-bond donors (Lipinski definition) is 5. The number of carbonyl (C=O) groups is 2. The van der Waals surface area contributed by atoms with Crippen molar-refractivity contribution >= 4 is 46.9 Å². The molecule has 36 heavy (non-hydrogen) atoms. The topological polar surface area (TPSA) is 140 Å². The number of halogens is 1. The SMILES string of the molecule is NNC=Nc1ccc(Cl)cc1C1C=CC([C@]2(C(=O)Nc3ccc(C(=O)O)cc3)C[C@H]2C2CC2)=[N+](O)C1. The Kier molecular flexibility index (Phi) is 6.27. The van der Waals surface area contributed by atoms with Gasteiger partial charge in [0.25, 0.3) is 0 Å². The number of nitrogens with one attached hydrogen (secondary N) is 2. The summed E-state index contributed by atoms with van der Waals surface area (Å²) in [5.41, 5.74) is 4.29. The quantitative estimate of drug-likeness (QED) is 0.0919. The molecule has 1 aliphatic heterocycles. The van der Waals surface area contributed by atoms with Gasteiger partial charge in [-0.15, -0.1) is 0 Å². The van der Waals surface area contributed by atoms with Crippen molar-refractivity contribution < 1.29 is 24.6 Å². The van der Waals surface area contributed by atoms with Gasteiger partial charge in [0.2, 0.25) is 18.2 Å². The number of aliphatic imine (C=N–C) groups is 1. The molecule has 3 atom stereocenters. The van der Waals surface area contributed by atoms with Crippen molar-refractivity contribution in [3.8, 4) is 0 Å². The minimum Gasteiger partial charge on any atom is -0.478 e. The highest BCUT2D eigenvalue weighted by Crippen LogP contribution is 2.64. The van der Waals surface area contributed by atoms with Crippen LogP contribution in [0.4, 0.5) is 11.4 Å². The first kappa shape index (κ1) is 24.0. The zero-order valence-corrected chi connectivity index (χ0v) is 20.2.